The van der Waals surface area contributed by atoms with Crippen molar-refractivity contribution in [2.75, 3.05) is 13.7 Å². The molecule has 98 valence electrons. The van der Waals surface area contributed by atoms with E-state index in [1.54, 1.807) is 7.11 Å². The van der Waals surface area contributed by atoms with E-state index in [4.69, 9.17) is 10.00 Å². The van der Waals surface area contributed by atoms with Crippen molar-refractivity contribution in [3.8, 4) is 11.8 Å². The van der Waals surface area contributed by atoms with Crippen molar-refractivity contribution in [2.24, 2.45) is 0 Å². The minimum Gasteiger partial charge on any atom is -0.497 e. The second-order valence-electron chi connectivity index (χ2n) is 4.60. The number of nitriles is 1. The number of nitrogens with one attached hydrogen (secondary N) is 1. The SMILES string of the molecule is COc1ccc2cc(CCNC(C)C#N)ccc2c1. The first kappa shape index (κ1) is 13.4. The minimum absolute atomic E-state index is 0.0929. The third kappa shape index (κ3) is 3.46. The van der Waals surface area contributed by atoms with E-state index in [0.29, 0.717) is 0 Å². The number of rotatable bonds is 5. The number of hydrogen-bond acceptors (Lipinski definition) is 3. The van der Waals surface area contributed by atoms with Gasteiger partial charge in [0.25, 0.3) is 0 Å². The predicted octanol–water partition coefficient (Wildman–Crippen LogP) is 2.89. The molecule has 2 rings (SSSR count). The maximum absolute atomic E-state index is 8.70. The van der Waals surface area contributed by atoms with Crippen LogP contribution in [-0.2, 0) is 6.42 Å². The Hall–Kier alpha value is -2.05. The van der Waals surface area contributed by atoms with Crippen molar-refractivity contribution in [3.05, 3.63) is 42.0 Å². The molecule has 0 amide bonds. The van der Waals surface area contributed by atoms with Crippen molar-refractivity contribution < 1.29 is 4.74 Å². The van der Waals surface area contributed by atoms with E-state index in [9.17, 15) is 0 Å². The quantitative estimate of drug-likeness (QED) is 0.892. The summed E-state index contributed by atoms with van der Waals surface area (Å²) in [6.45, 7) is 2.68. The van der Waals surface area contributed by atoms with Gasteiger partial charge in [0.15, 0.2) is 0 Å². The Kier molecular flexibility index (Phi) is 4.38. The highest BCUT2D eigenvalue weighted by Gasteiger charge is 2.01. The number of methoxy groups -OCH3 is 1. The molecule has 3 heteroatoms. The van der Waals surface area contributed by atoms with E-state index in [1.165, 1.54) is 16.3 Å². The molecule has 0 aromatic heterocycles. The molecule has 0 bridgehead atoms. The molecule has 19 heavy (non-hydrogen) atoms. The van der Waals surface area contributed by atoms with Crippen molar-refractivity contribution in [1.82, 2.24) is 5.32 Å². The summed E-state index contributed by atoms with van der Waals surface area (Å²) < 4.78 is 5.22. The van der Waals surface area contributed by atoms with Gasteiger partial charge in [0.2, 0.25) is 0 Å². The zero-order valence-corrected chi connectivity index (χ0v) is 11.3. The maximum Gasteiger partial charge on any atom is 0.119 e. The van der Waals surface area contributed by atoms with Gasteiger partial charge in [-0.25, -0.2) is 0 Å². The number of hydrogen-bond donors (Lipinski definition) is 1. The Labute approximate surface area is 113 Å². The Morgan fingerprint density at radius 1 is 1.21 bits per heavy atom. The zero-order chi connectivity index (χ0) is 13.7. The summed E-state index contributed by atoms with van der Waals surface area (Å²) in [7, 11) is 1.68. The molecule has 0 spiro atoms. The van der Waals surface area contributed by atoms with Gasteiger partial charge in [0.05, 0.1) is 19.2 Å². The average Bonchev–Trinajstić information content (AvgIpc) is 2.46. The highest BCUT2D eigenvalue weighted by molar-refractivity contribution is 5.84. The lowest BCUT2D eigenvalue weighted by atomic mass is 10.0. The van der Waals surface area contributed by atoms with Gasteiger partial charge in [-0.15, -0.1) is 0 Å². The van der Waals surface area contributed by atoms with Crippen molar-refractivity contribution in [1.29, 1.82) is 5.26 Å². The van der Waals surface area contributed by atoms with Crippen molar-refractivity contribution in [2.45, 2.75) is 19.4 Å². The van der Waals surface area contributed by atoms with E-state index in [2.05, 4.69) is 35.7 Å². The summed E-state index contributed by atoms with van der Waals surface area (Å²) in [5.41, 5.74) is 1.27. The first-order chi connectivity index (χ1) is 9.22. The standard InChI is InChI=1S/C16H18N2O/c1-12(11-17)18-8-7-13-3-4-15-10-16(19-2)6-5-14(15)9-13/h3-6,9-10,12,18H,7-8H2,1-2H3. The van der Waals surface area contributed by atoms with Crippen LogP contribution in [0.5, 0.6) is 5.75 Å². The fraction of sp³-hybridized carbons (Fsp3) is 0.312. The van der Waals surface area contributed by atoms with Gasteiger partial charge in [0.1, 0.15) is 5.75 Å². The molecule has 2 aromatic rings. The molecule has 0 saturated carbocycles. The van der Waals surface area contributed by atoms with Crippen LogP contribution in [0, 0.1) is 11.3 Å². The summed E-state index contributed by atoms with van der Waals surface area (Å²) in [6.07, 6.45) is 0.925. The molecule has 0 heterocycles. The Morgan fingerprint density at radius 3 is 2.68 bits per heavy atom. The first-order valence-electron chi connectivity index (χ1n) is 6.42. The van der Waals surface area contributed by atoms with Crippen LogP contribution in [0.25, 0.3) is 10.8 Å². The fourth-order valence-electron chi connectivity index (χ4n) is 2.03. The topological polar surface area (TPSA) is 45.0 Å². The molecule has 1 N–H and O–H groups in total. The molecule has 3 nitrogen and oxygen atoms in total. The van der Waals surface area contributed by atoms with E-state index >= 15 is 0 Å². The molecule has 1 atom stereocenters. The van der Waals surface area contributed by atoms with E-state index in [-0.39, 0.29) is 6.04 Å². The normalized spacial score (nSPS) is 12.1. The smallest absolute Gasteiger partial charge is 0.119 e. The molecule has 0 aliphatic carbocycles. The van der Waals surface area contributed by atoms with Crippen LogP contribution < -0.4 is 10.1 Å². The number of ether oxygens (including phenoxy) is 1. The van der Waals surface area contributed by atoms with Gasteiger partial charge < -0.3 is 10.1 Å². The first-order valence-corrected chi connectivity index (χ1v) is 6.42. The van der Waals surface area contributed by atoms with E-state index in [0.717, 1.165) is 18.7 Å². The van der Waals surface area contributed by atoms with Gasteiger partial charge in [-0.1, -0.05) is 24.3 Å². The lowest BCUT2D eigenvalue weighted by molar-refractivity contribution is 0.415. The number of fused-ring (bicyclic) bond motifs is 1. The van der Waals surface area contributed by atoms with Crippen LogP contribution in [0.2, 0.25) is 0 Å². The highest BCUT2D eigenvalue weighted by Crippen LogP contribution is 2.21. The third-order valence-corrected chi connectivity index (χ3v) is 3.17. The van der Waals surface area contributed by atoms with Crippen LogP contribution in [0.3, 0.4) is 0 Å². The monoisotopic (exact) mass is 254 g/mol. The second kappa shape index (κ2) is 6.21. The van der Waals surface area contributed by atoms with Gasteiger partial charge >= 0.3 is 0 Å². The van der Waals surface area contributed by atoms with Gasteiger partial charge in [-0.2, -0.15) is 5.26 Å². The minimum atomic E-state index is -0.0929. The molecule has 2 aromatic carbocycles. The second-order valence-corrected chi connectivity index (χ2v) is 4.60. The van der Waals surface area contributed by atoms with Crippen LogP contribution >= 0.6 is 0 Å². The Bertz CT molecular complexity index is 601. The van der Waals surface area contributed by atoms with E-state index < -0.39 is 0 Å². The van der Waals surface area contributed by atoms with Crippen LogP contribution in [-0.4, -0.2) is 19.7 Å². The predicted molar refractivity (Wildman–Crippen MR) is 77.3 cm³/mol. The summed E-state index contributed by atoms with van der Waals surface area (Å²) in [6, 6.07) is 14.6. The zero-order valence-electron chi connectivity index (χ0n) is 11.3. The summed E-state index contributed by atoms with van der Waals surface area (Å²) in [4.78, 5) is 0. The number of benzene rings is 2. The molecule has 0 saturated heterocycles. The van der Waals surface area contributed by atoms with Crippen LogP contribution in [0.15, 0.2) is 36.4 Å². The Morgan fingerprint density at radius 2 is 1.95 bits per heavy atom. The molecule has 0 aliphatic rings. The molecular formula is C16H18N2O. The molecule has 0 radical (unpaired) electrons. The molecule has 1 unspecified atom stereocenters. The van der Waals surface area contributed by atoms with Crippen molar-refractivity contribution >= 4 is 10.8 Å². The van der Waals surface area contributed by atoms with Crippen LogP contribution in [0.4, 0.5) is 0 Å². The maximum atomic E-state index is 8.70. The van der Waals surface area contributed by atoms with Crippen LogP contribution in [0.1, 0.15) is 12.5 Å². The Balaban J connectivity index is 2.07. The van der Waals surface area contributed by atoms with Crippen molar-refractivity contribution in [3.63, 3.8) is 0 Å². The summed E-state index contributed by atoms with van der Waals surface area (Å²) >= 11 is 0. The average molecular weight is 254 g/mol. The molecule has 0 fully saturated rings. The molecular weight excluding hydrogens is 236 g/mol. The third-order valence-electron chi connectivity index (χ3n) is 3.17. The fourth-order valence-corrected chi connectivity index (χ4v) is 2.03. The molecule has 0 aliphatic heterocycles. The summed E-state index contributed by atoms with van der Waals surface area (Å²) in [5.74, 6) is 0.879. The summed E-state index contributed by atoms with van der Waals surface area (Å²) in [5, 5.41) is 14.3. The van der Waals surface area contributed by atoms with Gasteiger partial charge in [-0.05, 0) is 41.8 Å². The largest absolute Gasteiger partial charge is 0.497 e. The van der Waals surface area contributed by atoms with E-state index in [1.807, 2.05) is 19.1 Å². The van der Waals surface area contributed by atoms with Gasteiger partial charge in [-0.3, -0.25) is 0 Å². The lowest BCUT2D eigenvalue weighted by Crippen LogP contribution is -2.26. The lowest BCUT2D eigenvalue weighted by Gasteiger charge is -2.08. The number of nitrogens with zero attached hydrogens (tertiary/aromatic N) is 1. The highest BCUT2D eigenvalue weighted by atomic mass is 16.5. The van der Waals surface area contributed by atoms with Gasteiger partial charge in [0, 0.05) is 6.54 Å².